The molecule has 1 saturated heterocycles. The van der Waals surface area contributed by atoms with E-state index >= 15 is 0 Å². The predicted molar refractivity (Wildman–Crippen MR) is 105 cm³/mol. The van der Waals surface area contributed by atoms with Gasteiger partial charge in [0.1, 0.15) is 17.9 Å². The lowest BCUT2D eigenvalue weighted by Gasteiger charge is -2.35. The number of carbonyl (C=O) groups excluding carboxylic acids is 2. The number of anilines is 1. The van der Waals surface area contributed by atoms with E-state index < -0.39 is 0 Å². The molecule has 3 rings (SSSR count). The fraction of sp³-hybridized carbons (Fsp3) is 0.500. The highest BCUT2D eigenvalue weighted by molar-refractivity contribution is 5.94. The number of nitrogens with zero attached hydrogens (tertiary/aromatic N) is 4. The molecular weight excluding hydrogens is 358 g/mol. The van der Waals surface area contributed by atoms with Crippen LogP contribution in [0.4, 0.5) is 5.82 Å². The monoisotopic (exact) mass is 385 g/mol. The summed E-state index contributed by atoms with van der Waals surface area (Å²) in [6, 6.07) is 3.59. The SMILES string of the molecule is Cc1cc(N2CCN(C(=O)CCNC(=O)c3ccoc3)CC2)nc(C(C)C)n1. The summed E-state index contributed by atoms with van der Waals surface area (Å²) < 4.78 is 4.88. The van der Waals surface area contributed by atoms with Crippen LogP contribution in [-0.2, 0) is 4.79 Å². The van der Waals surface area contributed by atoms with E-state index in [1.165, 1.54) is 12.5 Å². The molecule has 2 aromatic heterocycles. The van der Waals surface area contributed by atoms with Crippen LogP contribution >= 0.6 is 0 Å². The Kier molecular flexibility index (Phi) is 6.28. The van der Waals surface area contributed by atoms with E-state index in [1.807, 2.05) is 17.9 Å². The minimum absolute atomic E-state index is 0.0499. The Morgan fingerprint density at radius 3 is 2.61 bits per heavy atom. The number of aryl methyl sites for hydroxylation is 1. The van der Waals surface area contributed by atoms with Gasteiger partial charge >= 0.3 is 0 Å². The van der Waals surface area contributed by atoms with E-state index in [1.54, 1.807) is 6.07 Å². The number of hydrogen-bond donors (Lipinski definition) is 1. The third-order valence-corrected chi connectivity index (χ3v) is 4.74. The van der Waals surface area contributed by atoms with E-state index in [0.717, 1.165) is 30.4 Å². The van der Waals surface area contributed by atoms with Gasteiger partial charge in [0, 0.05) is 56.8 Å². The molecule has 0 unspecified atom stereocenters. The minimum Gasteiger partial charge on any atom is -0.472 e. The van der Waals surface area contributed by atoms with Gasteiger partial charge in [0.2, 0.25) is 5.91 Å². The zero-order chi connectivity index (χ0) is 20.1. The molecule has 3 heterocycles. The van der Waals surface area contributed by atoms with Crippen LogP contribution in [0.2, 0.25) is 0 Å². The summed E-state index contributed by atoms with van der Waals surface area (Å²) in [5.74, 6) is 1.87. The Hall–Kier alpha value is -2.90. The van der Waals surface area contributed by atoms with Gasteiger partial charge in [-0.1, -0.05) is 13.8 Å². The maximum atomic E-state index is 12.4. The van der Waals surface area contributed by atoms with Gasteiger partial charge in [0.25, 0.3) is 5.91 Å². The fourth-order valence-electron chi connectivity index (χ4n) is 3.12. The van der Waals surface area contributed by atoms with Crippen LogP contribution in [0.25, 0.3) is 0 Å². The van der Waals surface area contributed by atoms with Gasteiger partial charge in [-0.25, -0.2) is 9.97 Å². The number of furan rings is 1. The van der Waals surface area contributed by atoms with E-state index in [0.29, 0.717) is 25.2 Å². The van der Waals surface area contributed by atoms with Gasteiger partial charge in [-0.3, -0.25) is 9.59 Å². The molecule has 0 saturated carbocycles. The number of aromatic nitrogens is 2. The molecule has 0 atom stereocenters. The van der Waals surface area contributed by atoms with Gasteiger partial charge in [-0.2, -0.15) is 0 Å². The number of nitrogens with one attached hydrogen (secondary N) is 1. The Morgan fingerprint density at radius 2 is 1.96 bits per heavy atom. The molecule has 0 aromatic carbocycles. The molecule has 0 radical (unpaired) electrons. The van der Waals surface area contributed by atoms with Gasteiger partial charge in [-0.15, -0.1) is 0 Å². The lowest BCUT2D eigenvalue weighted by Crippen LogP contribution is -2.49. The Balaban J connectivity index is 1.47. The zero-order valence-electron chi connectivity index (χ0n) is 16.6. The van der Waals surface area contributed by atoms with E-state index in [2.05, 4.69) is 34.0 Å². The van der Waals surface area contributed by atoms with Gasteiger partial charge < -0.3 is 19.5 Å². The molecule has 1 aliphatic heterocycles. The molecule has 2 aromatic rings. The van der Waals surface area contributed by atoms with Crippen LogP contribution in [0.5, 0.6) is 0 Å². The van der Waals surface area contributed by atoms with Crippen molar-refractivity contribution in [3.63, 3.8) is 0 Å². The molecule has 150 valence electrons. The molecule has 0 aliphatic carbocycles. The first-order valence-electron chi connectivity index (χ1n) is 9.62. The second-order valence-corrected chi connectivity index (χ2v) is 7.27. The third kappa shape index (κ3) is 4.88. The number of carbonyl (C=O) groups is 2. The van der Waals surface area contributed by atoms with Crippen molar-refractivity contribution in [1.29, 1.82) is 0 Å². The minimum atomic E-state index is -0.230. The molecule has 0 spiro atoms. The van der Waals surface area contributed by atoms with Crippen LogP contribution < -0.4 is 10.2 Å². The number of piperazine rings is 1. The van der Waals surface area contributed by atoms with Crippen molar-refractivity contribution in [3.05, 3.63) is 41.7 Å². The Bertz CT molecular complexity index is 811. The second kappa shape index (κ2) is 8.86. The first-order chi connectivity index (χ1) is 13.4. The zero-order valence-corrected chi connectivity index (χ0v) is 16.6. The second-order valence-electron chi connectivity index (χ2n) is 7.27. The van der Waals surface area contributed by atoms with Crippen molar-refractivity contribution in [2.24, 2.45) is 0 Å². The number of amides is 2. The van der Waals surface area contributed by atoms with Gasteiger partial charge in [-0.05, 0) is 13.0 Å². The molecule has 1 N–H and O–H groups in total. The van der Waals surface area contributed by atoms with Crippen molar-refractivity contribution < 1.29 is 14.0 Å². The average Bonchev–Trinajstić information content (AvgIpc) is 3.22. The van der Waals surface area contributed by atoms with Crippen molar-refractivity contribution in [2.75, 3.05) is 37.6 Å². The summed E-state index contributed by atoms with van der Waals surface area (Å²) in [5.41, 5.74) is 1.42. The maximum Gasteiger partial charge on any atom is 0.254 e. The van der Waals surface area contributed by atoms with Gasteiger partial charge in [0.05, 0.1) is 11.8 Å². The molecule has 1 aliphatic rings. The molecule has 8 nitrogen and oxygen atoms in total. The molecular formula is C20H27N5O3. The largest absolute Gasteiger partial charge is 0.472 e. The van der Waals surface area contributed by atoms with E-state index in [9.17, 15) is 9.59 Å². The average molecular weight is 385 g/mol. The first kappa shape index (κ1) is 19.9. The fourth-order valence-corrected chi connectivity index (χ4v) is 3.12. The summed E-state index contributed by atoms with van der Waals surface area (Å²) in [6.45, 7) is 9.23. The maximum absolute atomic E-state index is 12.4. The van der Waals surface area contributed by atoms with Crippen LogP contribution in [0.3, 0.4) is 0 Å². The summed E-state index contributed by atoms with van der Waals surface area (Å²) in [6.07, 6.45) is 3.12. The van der Waals surface area contributed by atoms with Crippen molar-refractivity contribution in [3.8, 4) is 0 Å². The van der Waals surface area contributed by atoms with Crippen LogP contribution in [0, 0.1) is 6.92 Å². The molecule has 8 heteroatoms. The quantitative estimate of drug-likeness (QED) is 0.817. The Morgan fingerprint density at radius 1 is 1.21 bits per heavy atom. The molecule has 1 fully saturated rings. The number of hydrogen-bond acceptors (Lipinski definition) is 6. The highest BCUT2D eigenvalue weighted by Gasteiger charge is 2.22. The van der Waals surface area contributed by atoms with Crippen molar-refractivity contribution in [2.45, 2.75) is 33.1 Å². The van der Waals surface area contributed by atoms with E-state index in [4.69, 9.17) is 4.42 Å². The normalized spacial score (nSPS) is 14.4. The molecule has 2 amide bonds. The van der Waals surface area contributed by atoms with Crippen LogP contribution in [0.15, 0.2) is 29.1 Å². The highest BCUT2D eigenvalue weighted by atomic mass is 16.3. The van der Waals surface area contributed by atoms with Crippen molar-refractivity contribution >= 4 is 17.6 Å². The standard InChI is InChI=1S/C20H27N5O3/c1-14(2)19-22-15(3)12-17(23-19)24-7-9-25(10-8-24)18(26)4-6-21-20(27)16-5-11-28-13-16/h5,11-14H,4,6-10H2,1-3H3,(H,21,27). The first-order valence-corrected chi connectivity index (χ1v) is 9.62. The number of rotatable bonds is 6. The van der Waals surface area contributed by atoms with Crippen LogP contribution in [-0.4, -0.2) is 59.4 Å². The van der Waals surface area contributed by atoms with Gasteiger partial charge in [0.15, 0.2) is 0 Å². The van der Waals surface area contributed by atoms with E-state index in [-0.39, 0.29) is 24.2 Å². The Labute approximate surface area is 164 Å². The van der Waals surface area contributed by atoms with Crippen LogP contribution in [0.1, 0.15) is 48.1 Å². The summed E-state index contributed by atoms with van der Waals surface area (Å²) in [7, 11) is 0. The summed E-state index contributed by atoms with van der Waals surface area (Å²) in [4.78, 5) is 37.5. The lowest BCUT2D eigenvalue weighted by atomic mass is 10.2. The third-order valence-electron chi connectivity index (χ3n) is 4.74. The highest BCUT2D eigenvalue weighted by Crippen LogP contribution is 2.18. The topological polar surface area (TPSA) is 91.6 Å². The van der Waals surface area contributed by atoms with Crippen molar-refractivity contribution in [1.82, 2.24) is 20.2 Å². The smallest absolute Gasteiger partial charge is 0.254 e. The molecule has 0 bridgehead atoms. The molecule has 28 heavy (non-hydrogen) atoms. The summed E-state index contributed by atoms with van der Waals surface area (Å²) in [5, 5.41) is 2.74. The lowest BCUT2D eigenvalue weighted by molar-refractivity contribution is -0.131. The predicted octanol–water partition coefficient (Wildman–Crippen LogP) is 1.97. The summed E-state index contributed by atoms with van der Waals surface area (Å²) >= 11 is 0.